The zero-order valence-corrected chi connectivity index (χ0v) is 11.2. The number of nitrogens with one attached hydrogen (secondary N) is 1. The zero-order valence-electron chi connectivity index (χ0n) is 11.2. The lowest BCUT2D eigenvalue weighted by Gasteiger charge is -2.16. The van der Waals surface area contributed by atoms with E-state index in [4.69, 9.17) is 4.74 Å². The second-order valence-corrected chi connectivity index (χ2v) is 4.97. The van der Waals surface area contributed by atoms with Crippen LogP contribution < -0.4 is 10.1 Å². The van der Waals surface area contributed by atoms with Crippen molar-refractivity contribution in [1.82, 2.24) is 5.32 Å². The highest BCUT2D eigenvalue weighted by Crippen LogP contribution is 2.33. The van der Waals surface area contributed by atoms with Crippen molar-refractivity contribution in [2.75, 3.05) is 13.7 Å². The summed E-state index contributed by atoms with van der Waals surface area (Å²) in [5, 5.41) is 3.58. The zero-order chi connectivity index (χ0) is 13.1. The van der Waals surface area contributed by atoms with Crippen LogP contribution in [0.3, 0.4) is 0 Å². The van der Waals surface area contributed by atoms with E-state index in [-0.39, 0.29) is 0 Å². The van der Waals surface area contributed by atoms with Crippen LogP contribution in [0, 0.1) is 0 Å². The Bertz CT molecular complexity index is 559. The Hall–Kier alpha value is -1.80. The van der Waals surface area contributed by atoms with Gasteiger partial charge >= 0.3 is 0 Å². The molecule has 2 aromatic rings. The maximum atomic E-state index is 5.33. The molecular formula is C17H19NO. The molecule has 1 heterocycles. The summed E-state index contributed by atoms with van der Waals surface area (Å²) in [5.41, 5.74) is 3.93. The summed E-state index contributed by atoms with van der Waals surface area (Å²) in [6.45, 7) is 1.12. The van der Waals surface area contributed by atoms with Crippen LogP contribution in [0.1, 0.15) is 24.4 Å². The van der Waals surface area contributed by atoms with E-state index in [0.717, 1.165) is 12.3 Å². The molecule has 0 aromatic heterocycles. The largest absolute Gasteiger partial charge is 0.497 e. The van der Waals surface area contributed by atoms with Crippen LogP contribution in [0.5, 0.6) is 5.75 Å². The van der Waals surface area contributed by atoms with Crippen molar-refractivity contribution < 1.29 is 4.74 Å². The van der Waals surface area contributed by atoms with Crippen LogP contribution in [0.25, 0.3) is 11.1 Å². The molecule has 98 valence electrons. The van der Waals surface area contributed by atoms with Crippen molar-refractivity contribution in [2.45, 2.75) is 18.9 Å². The molecule has 0 spiro atoms. The van der Waals surface area contributed by atoms with E-state index >= 15 is 0 Å². The molecule has 0 amide bonds. The SMILES string of the molecule is COc1cccc(-c2ccccc2C2CCCN2)c1. The first-order chi connectivity index (χ1) is 9.38. The van der Waals surface area contributed by atoms with Gasteiger partial charge in [0, 0.05) is 6.04 Å². The number of methoxy groups -OCH3 is 1. The number of rotatable bonds is 3. The first-order valence-corrected chi connectivity index (χ1v) is 6.85. The lowest BCUT2D eigenvalue weighted by atomic mass is 9.94. The normalized spacial score (nSPS) is 18.5. The van der Waals surface area contributed by atoms with Gasteiger partial charge in [-0.3, -0.25) is 0 Å². The minimum Gasteiger partial charge on any atom is -0.497 e. The fourth-order valence-corrected chi connectivity index (χ4v) is 2.80. The molecule has 2 nitrogen and oxygen atoms in total. The summed E-state index contributed by atoms with van der Waals surface area (Å²) >= 11 is 0. The molecule has 1 N–H and O–H groups in total. The van der Waals surface area contributed by atoms with Crippen molar-refractivity contribution in [3.05, 3.63) is 54.1 Å². The van der Waals surface area contributed by atoms with Gasteiger partial charge in [-0.1, -0.05) is 36.4 Å². The first-order valence-electron chi connectivity index (χ1n) is 6.85. The molecule has 0 bridgehead atoms. The predicted octanol–water partition coefficient (Wildman–Crippen LogP) is 3.79. The van der Waals surface area contributed by atoms with E-state index in [0.29, 0.717) is 6.04 Å². The van der Waals surface area contributed by atoms with Gasteiger partial charge in [0.2, 0.25) is 0 Å². The molecule has 1 atom stereocenters. The third kappa shape index (κ3) is 2.49. The second kappa shape index (κ2) is 5.45. The average Bonchev–Trinajstić information content (AvgIpc) is 3.01. The standard InChI is InChI=1S/C17H19NO/c1-19-14-7-4-6-13(12-14)15-8-2-3-9-16(15)17-10-5-11-18-17/h2-4,6-9,12,17-18H,5,10-11H2,1H3. The van der Waals surface area contributed by atoms with E-state index < -0.39 is 0 Å². The molecule has 0 aliphatic carbocycles. The van der Waals surface area contributed by atoms with E-state index in [9.17, 15) is 0 Å². The first kappa shape index (κ1) is 12.2. The van der Waals surface area contributed by atoms with Crippen LogP contribution >= 0.6 is 0 Å². The summed E-state index contributed by atoms with van der Waals surface area (Å²) in [6.07, 6.45) is 2.48. The van der Waals surface area contributed by atoms with E-state index in [1.807, 2.05) is 12.1 Å². The molecular weight excluding hydrogens is 234 g/mol. The molecule has 19 heavy (non-hydrogen) atoms. The van der Waals surface area contributed by atoms with Gasteiger partial charge in [0.15, 0.2) is 0 Å². The Kier molecular flexibility index (Phi) is 3.51. The van der Waals surface area contributed by atoms with Crippen molar-refractivity contribution in [3.8, 4) is 16.9 Å². The average molecular weight is 253 g/mol. The topological polar surface area (TPSA) is 21.3 Å². The van der Waals surface area contributed by atoms with Crippen molar-refractivity contribution >= 4 is 0 Å². The molecule has 0 radical (unpaired) electrons. The van der Waals surface area contributed by atoms with Crippen LogP contribution in [-0.4, -0.2) is 13.7 Å². The molecule has 1 saturated heterocycles. The van der Waals surface area contributed by atoms with Gasteiger partial charge in [0.1, 0.15) is 5.75 Å². The Morgan fingerprint density at radius 1 is 1.11 bits per heavy atom. The maximum Gasteiger partial charge on any atom is 0.119 e. The highest BCUT2D eigenvalue weighted by molar-refractivity contribution is 5.69. The highest BCUT2D eigenvalue weighted by Gasteiger charge is 2.19. The van der Waals surface area contributed by atoms with Gasteiger partial charge in [0.05, 0.1) is 7.11 Å². The Morgan fingerprint density at radius 3 is 2.79 bits per heavy atom. The van der Waals surface area contributed by atoms with Crippen molar-refractivity contribution in [3.63, 3.8) is 0 Å². The van der Waals surface area contributed by atoms with Crippen LogP contribution in [0.2, 0.25) is 0 Å². The van der Waals surface area contributed by atoms with Gasteiger partial charge in [0.25, 0.3) is 0 Å². The summed E-state index contributed by atoms with van der Waals surface area (Å²) in [5.74, 6) is 0.909. The molecule has 1 fully saturated rings. The molecule has 3 rings (SSSR count). The minimum atomic E-state index is 0.488. The minimum absolute atomic E-state index is 0.488. The van der Waals surface area contributed by atoms with E-state index in [2.05, 4.69) is 41.7 Å². The molecule has 1 aliphatic heterocycles. The third-order valence-electron chi connectivity index (χ3n) is 3.78. The van der Waals surface area contributed by atoms with Crippen molar-refractivity contribution in [1.29, 1.82) is 0 Å². The van der Waals surface area contributed by atoms with Crippen molar-refractivity contribution in [2.24, 2.45) is 0 Å². The fraction of sp³-hybridized carbons (Fsp3) is 0.294. The molecule has 0 saturated carbocycles. The van der Waals surface area contributed by atoms with Crippen LogP contribution in [0.4, 0.5) is 0 Å². The van der Waals surface area contributed by atoms with Gasteiger partial charge in [-0.05, 0) is 48.2 Å². The number of benzene rings is 2. The quantitative estimate of drug-likeness (QED) is 0.898. The smallest absolute Gasteiger partial charge is 0.119 e. The maximum absolute atomic E-state index is 5.33. The third-order valence-corrected chi connectivity index (χ3v) is 3.78. The Morgan fingerprint density at radius 2 is 2.00 bits per heavy atom. The number of ether oxygens (including phenoxy) is 1. The van der Waals surface area contributed by atoms with E-state index in [1.165, 1.54) is 29.5 Å². The summed E-state index contributed by atoms with van der Waals surface area (Å²) in [7, 11) is 1.71. The predicted molar refractivity (Wildman–Crippen MR) is 78.4 cm³/mol. The summed E-state index contributed by atoms with van der Waals surface area (Å²) in [6, 6.07) is 17.4. The Balaban J connectivity index is 2.03. The monoisotopic (exact) mass is 253 g/mol. The summed E-state index contributed by atoms with van der Waals surface area (Å²) in [4.78, 5) is 0. The fourth-order valence-electron chi connectivity index (χ4n) is 2.80. The van der Waals surface area contributed by atoms with Crippen LogP contribution in [-0.2, 0) is 0 Å². The van der Waals surface area contributed by atoms with Gasteiger partial charge in [-0.2, -0.15) is 0 Å². The molecule has 2 aromatic carbocycles. The van der Waals surface area contributed by atoms with Gasteiger partial charge in [-0.25, -0.2) is 0 Å². The van der Waals surface area contributed by atoms with E-state index in [1.54, 1.807) is 7.11 Å². The molecule has 1 aliphatic rings. The second-order valence-electron chi connectivity index (χ2n) is 4.97. The lowest BCUT2D eigenvalue weighted by molar-refractivity contribution is 0.415. The Labute approximate surface area is 114 Å². The van der Waals surface area contributed by atoms with Gasteiger partial charge < -0.3 is 10.1 Å². The van der Waals surface area contributed by atoms with Gasteiger partial charge in [-0.15, -0.1) is 0 Å². The van der Waals surface area contributed by atoms with Crippen LogP contribution in [0.15, 0.2) is 48.5 Å². The molecule has 2 heteroatoms. The highest BCUT2D eigenvalue weighted by atomic mass is 16.5. The molecule has 1 unspecified atom stereocenters. The number of hydrogen-bond acceptors (Lipinski definition) is 2. The number of hydrogen-bond donors (Lipinski definition) is 1. The lowest BCUT2D eigenvalue weighted by Crippen LogP contribution is -2.13. The summed E-state index contributed by atoms with van der Waals surface area (Å²) < 4.78 is 5.33.